The van der Waals surface area contributed by atoms with E-state index in [-0.39, 0.29) is 17.7 Å². The van der Waals surface area contributed by atoms with Crippen LogP contribution in [0, 0.1) is 11.3 Å². The molecule has 7 heteroatoms. The zero-order valence-corrected chi connectivity index (χ0v) is 13.0. The number of carboxylic acids is 1. The van der Waals surface area contributed by atoms with Gasteiger partial charge in [0, 0.05) is 39.3 Å². The molecule has 1 saturated carbocycles. The largest absolute Gasteiger partial charge is 0.480 e. The number of piperidine rings is 1. The molecule has 2 rings (SSSR count). The summed E-state index contributed by atoms with van der Waals surface area (Å²) >= 11 is 0. The molecule has 1 heterocycles. The molecule has 0 bridgehead atoms. The highest BCUT2D eigenvalue weighted by Gasteiger charge is 2.58. The summed E-state index contributed by atoms with van der Waals surface area (Å²) in [5.74, 6) is -1.37. The minimum absolute atomic E-state index is 0.0163. The van der Waals surface area contributed by atoms with Crippen LogP contribution >= 0.6 is 0 Å². The smallest absolute Gasteiger partial charge is 0.319 e. The Morgan fingerprint density at radius 1 is 1.27 bits per heavy atom. The second-order valence-corrected chi connectivity index (χ2v) is 6.09. The number of methoxy groups -OCH3 is 1. The molecule has 1 saturated heterocycles. The molecule has 0 aromatic carbocycles. The number of hydrogen-bond donors (Lipinski definition) is 2. The second-order valence-electron chi connectivity index (χ2n) is 6.09. The first-order chi connectivity index (χ1) is 10.5. The molecule has 0 radical (unpaired) electrons. The van der Waals surface area contributed by atoms with Crippen LogP contribution in [0.3, 0.4) is 0 Å². The van der Waals surface area contributed by atoms with Gasteiger partial charge >= 0.3 is 5.97 Å². The molecule has 2 N–H and O–H groups in total. The molecule has 1 aliphatic heterocycles. The predicted molar refractivity (Wildman–Crippen MR) is 78.1 cm³/mol. The Kier molecular flexibility index (Phi) is 5.39. The number of nitrogens with zero attached hydrogens (tertiary/aromatic N) is 1. The minimum Gasteiger partial charge on any atom is -0.480 e. The van der Waals surface area contributed by atoms with E-state index >= 15 is 0 Å². The van der Waals surface area contributed by atoms with Crippen LogP contribution in [0.15, 0.2) is 0 Å². The molecule has 7 nitrogen and oxygen atoms in total. The number of amides is 2. The summed E-state index contributed by atoms with van der Waals surface area (Å²) < 4.78 is 4.92. The van der Waals surface area contributed by atoms with Gasteiger partial charge in [-0.2, -0.15) is 0 Å². The Labute approximate surface area is 130 Å². The van der Waals surface area contributed by atoms with Gasteiger partial charge in [0.1, 0.15) is 5.41 Å². The Morgan fingerprint density at radius 2 is 1.91 bits per heavy atom. The van der Waals surface area contributed by atoms with Crippen molar-refractivity contribution in [3.8, 4) is 0 Å². The predicted octanol–water partition coefficient (Wildman–Crippen LogP) is 0.243. The van der Waals surface area contributed by atoms with E-state index in [9.17, 15) is 14.4 Å². The van der Waals surface area contributed by atoms with Gasteiger partial charge in [-0.1, -0.05) is 0 Å². The van der Waals surface area contributed by atoms with Gasteiger partial charge in [-0.3, -0.25) is 14.4 Å². The third-order valence-electron chi connectivity index (χ3n) is 4.55. The zero-order chi connectivity index (χ0) is 16.2. The lowest BCUT2D eigenvalue weighted by Crippen LogP contribution is -2.47. The van der Waals surface area contributed by atoms with Crippen LogP contribution in [0.1, 0.15) is 32.1 Å². The Hall–Kier alpha value is -1.63. The standard InChI is InChI=1S/C15H24N2O5/c1-22-10-2-7-16-12(18)11-3-8-17(9-4-11)13(19)15(5-6-15)14(20)21/h11H,2-10H2,1H3,(H,16,18)(H,20,21). The number of likely N-dealkylation sites (tertiary alicyclic amines) is 1. The lowest BCUT2D eigenvalue weighted by Gasteiger charge is -2.33. The Balaban J connectivity index is 1.75. The van der Waals surface area contributed by atoms with Gasteiger partial charge in [0.2, 0.25) is 11.8 Å². The van der Waals surface area contributed by atoms with E-state index in [0.717, 1.165) is 6.42 Å². The summed E-state index contributed by atoms with van der Waals surface area (Å²) in [6.07, 6.45) is 2.83. The number of rotatable bonds is 7. The normalized spacial score (nSPS) is 20.5. The topological polar surface area (TPSA) is 95.9 Å². The number of carboxylic acid groups (broad SMARTS) is 1. The third kappa shape index (κ3) is 3.58. The van der Waals surface area contributed by atoms with Gasteiger partial charge in [0.15, 0.2) is 0 Å². The van der Waals surface area contributed by atoms with Crippen molar-refractivity contribution in [3.63, 3.8) is 0 Å². The van der Waals surface area contributed by atoms with Gasteiger partial charge < -0.3 is 20.1 Å². The average Bonchev–Trinajstić information content (AvgIpc) is 3.32. The fraction of sp³-hybridized carbons (Fsp3) is 0.800. The molecule has 2 fully saturated rings. The van der Waals surface area contributed by atoms with Crippen LogP contribution in [0.5, 0.6) is 0 Å². The summed E-state index contributed by atoms with van der Waals surface area (Å²) in [6.45, 7) is 2.13. The SMILES string of the molecule is COCCCNC(=O)C1CCN(C(=O)C2(C(=O)O)CC2)CC1. The summed E-state index contributed by atoms with van der Waals surface area (Å²) in [5, 5.41) is 12.0. The van der Waals surface area contributed by atoms with E-state index < -0.39 is 11.4 Å². The monoisotopic (exact) mass is 312 g/mol. The van der Waals surface area contributed by atoms with Gasteiger partial charge in [-0.25, -0.2) is 0 Å². The molecule has 0 unspecified atom stereocenters. The summed E-state index contributed by atoms with van der Waals surface area (Å²) in [4.78, 5) is 37.1. The lowest BCUT2D eigenvalue weighted by molar-refractivity contribution is -0.154. The van der Waals surface area contributed by atoms with Gasteiger partial charge in [-0.15, -0.1) is 0 Å². The number of ether oxygens (including phenoxy) is 1. The molecular formula is C15H24N2O5. The van der Waals surface area contributed by atoms with E-state index in [1.807, 2.05) is 0 Å². The first-order valence-corrected chi connectivity index (χ1v) is 7.80. The minimum atomic E-state index is -1.17. The highest BCUT2D eigenvalue weighted by atomic mass is 16.5. The van der Waals surface area contributed by atoms with E-state index in [2.05, 4.69) is 5.32 Å². The van der Waals surface area contributed by atoms with E-state index in [4.69, 9.17) is 9.84 Å². The molecule has 1 aliphatic carbocycles. The quantitative estimate of drug-likeness (QED) is 0.519. The van der Waals surface area contributed by atoms with Crippen LogP contribution in [-0.4, -0.2) is 61.1 Å². The number of carbonyl (C=O) groups is 3. The maximum absolute atomic E-state index is 12.3. The lowest BCUT2D eigenvalue weighted by atomic mass is 9.94. The maximum atomic E-state index is 12.3. The Morgan fingerprint density at radius 3 is 2.41 bits per heavy atom. The molecule has 0 atom stereocenters. The maximum Gasteiger partial charge on any atom is 0.319 e. The first kappa shape index (κ1) is 16.7. The van der Waals surface area contributed by atoms with Crippen molar-refractivity contribution >= 4 is 17.8 Å². The van der Waals surface area contributed by atoms with Crippen molar-refractivity contribution in [2.24, 2.45) is 11.3 Å². The summed E-state index contributed by atoms with van der Waals surface area (Å²) in [5.41, 5.74) is -1.17. The Bertz CT molecular complexity index is 439. The average molecular weight is 312 g/mol. The number of hydrogen-bond acceptors (Lipinski definition) is 4. The summed E-state index contributed by atoms with van der Waals surface area (Å²) in [6, 6.07) is 0. The van der Waals surface area contributed by atoms with Gasteiger partial charge in [0.05, 0.1) is 0 Å². The highest BCUT2D eigenvalue weighted by molar-refractivity contribution is 6.04. The number of carbonyl (C=O) groups excluding carboxylic acids is 2. The van der Waals surface area contributed by atoms with Gasteiger partial charge in [0.25, 0.3) is 0 Å². The summed E-state index contributed by atoms with van der Waals surface area (Å²) in [7, 11) is 1.62. The van der Waals surface area contributed by atoms with Crippen LogP contribution in [0.25, 0.3) is 0 Å². The van der Waals surface area contributed by atoms with Gasteiger partial charge in [-0.05, 0) is 32.1 Å². The fourth-order valence-electron chi connectivity index (χ4n) is 2.86. The van der Waals surface area contributed by atoms with Crippen molar-refractivity contribution in [3.05, 3.63) is 0 Å². The van der Waals surface area contributed by atoms with Crippen molar-refractivity contribution in [2.45, 2.75) is 32.1 Å². The van der Waals surface area contributed by atoms with E-state index in [1.165, 1.54) is 0 Å². The molecular weight excluding hydrogens is 288 g/mol. The number of nitrogens with one attached hydrogen (secondary N) is 1. The molecule has 2 amide bonds. The van der Waals surface area contributed by atoms with Crippen LogP contribution in [0.2, 0.25) is 0 Å². The number of aliphatic carboxylic acids is 1. The van der Waals surface area contributed by atoms with Crippen LogP contribution in [-0.2, 0) is 19.1 Å². The molecule has 0 aromatic heterocycles. The molecule has 0 spiro atoms. The molecule has 0 aromatic rings. The second kappa shape index (κ2) is 7.09. The van der Waals surface area contributed by atoms with E-state index in [1.54, 1.807) is 12.0 Å². The van der Waals surface area contributed by atoms with Crippen molar-refractivity contribution in [1.82, 2.24) is 10.2 Å². The third-order valence-corrected chi connectivity index (χ3v) is 4.55. The first-order valence-electron chi connectivity index (χ1n) is 7.80. The fourth-order valence-corrected chi connectivity index (χ4v) is 2.86. The van der Waals surface area contributed by atoms with Crippen molar-refractivity contribution in [1.29, 1.82) is 0 Å². The molecule has 22 heavy (non-hydrogen) atoms. The highest BCUT2D eigenvalue weighted by Crippen LogP contribution is 2.47. The zero-order valence-electron chi connectivity index (χ0n) is 13.0. The van der Waals surface area contributed by atoms with E-state index in [0.29, 0.717) is 51.9 Å². The van der Waals surface area contributed by atoms with Crippen molar-refractivity contribution in [2.75, 3.05) is 33.4 Å². The van der Waals surface area contributed by atoms with Crippen molar-refractivity contribution < 1.29 is 24.2 Å². The van der Waals surface area contributed by atoms with Crippen LogP contribution < -0.4 is 5.32 Å². The van der Waals surface area contributed by atoms with Crippen LogP contribution in [0.4, 0.5) is 0 Å². The molecule has 124 valence electrons. The molecule has 2 aliphatic rings.